The van der Waals surface area contributed by atoms with Gasteiger partial charge in [0.2, 0.25) is 5.91 Å². The second-order valence-corrected chi connectivity index (χ2v) is 7.88. The van der Waals surface area contributed by atoms with Crippen LogP contribution < -0.4 is 10.9 Å². The number of carbonyl (C=O) groups excluding carboxylic acids is 1. The van der Waals surface area contributed by atoms with Gasteiger partial charge in [0.1, 0.15) is 11.7 Å². The van der Waals surface area contributed by atoms with Gasteiger partial charge in [0.25, 0.3) is 5.56 Å². The first-order chi connectivity index (χ1) is 13.9. The van der Waals surface area contributed by atoms with Crippen molar-refractivity contribution < 1.29 is 4.79 Å². The van der Waals surface area contributed by atoms with Gasteiger partial charge in [0.15, 0.2) is 5.13 Å². The van der Waals surface area contributed by atoms with Gasteiger partial charge in [-0.2, -0.15) is 5.10 Å². The highest BCUT2D eigenvalue weighted by Crippen LogP contribution is 2.26. The second kappa shape index (κ2) is 7.29. The molecule has 4 aromatic rings. The van der Waals surface area contributed by atoms with E-state index < -0.39 is 6.04 Å². The molecule has 148 valence electrons. The van der Waals surface area contributed by atoms with Gasteiger partial charge in [-0.15, -0.1) is 11.3 Å². The zero-order chi connectivity index (χ0) is 20.7. The van der Waals surface area contributed by atoms with Crippen molar-refractivity contribution >= 4 is 33.4 Å². The van der Waals surface area contributed by atoms with E-state index in [0.29, 0.717) is 10.8 Å². The zero-order valence-electron chi connectivity index (χ0n) is 16.6. The molecule has 0 aliphatic carbocycles. The number of rotatable bonds is 4. The third-order valence-electron chi connectivity index (χ3n) is 4.85. The van der Waals surface area contributed by atoms with E-state index in [1.807, 2.05) is 56.5 Å². The maximum absolute atomic E-state index is 13.0. The standard InChI is InChI=1S/C21H21N5O2S/c1-12-10-17(27)25(15(4)19(28)23-21-22-13(2)11-29-21)20-18(12)14(3)24-26(20)16-8-6-5-7-9-16/h5-11,15H,1-4H3,(H,22,23,28)/t15-/m1/s1. The van der Waals surface area contributed by atoms with Gasteiger partial charge in [-0.25, -0.2) is 9.67 Å². The number of hydrogen-bond acceptors (Lipinski definition) is 5. The van der Waals surface area contributed by atoms with Crippen LogP contribution in [0.5, 0.6) is 0 Å². The fourth-order valence-electron chi connectivity index (χ4n) is 3.49. The van der Waals surface area contributed by atoms with E-state index in [0.717, 1.165) is 28.0 Å². The van der Waals surface area contributed by atoms with Gasteiger partial charge >= 0.3 is 0 Å². The number of thiazole rings is 1. The number of amides is 1. The number of aryl methyl sites for hydroxylation is 3. The van der Waals surface area contributed by atoms with Gasteiger partial charge in [0, 0.05) is 16.8 Å². The van der Waals surface area contributed by atoms with E-state index in [4.69, 9.17) is 0 Å². The topological polar surface area (TPSA) is 81.8 Å². The predicted molar refractivity (Wildman–Crippen MR) is 115 cm³/mol. The molecule has 1 N–H and O–H groups in total. The largest absolute Gasteiger partial charge is 0.300 e. The monoisotopic (exact) mass is 407 g/mol. The lowest BCUT2D eigenvalue weighted by atomic mass is 10.1. The molecule has 7 nitrogen and oxygen atoms in total. The molecule has 0 aliphatic heterocycles. The van der Waals surface area contributed by atoms with Gasteiger partial charge in [0.05, 0.1) is 17.1 Å². The van der Waals surface area contributed by atoms with Crippen LogP contribution in [0.3, 0.4) is 0 Å². The Labute approximate surface area is 171 Å². The van der Waals surface area contributed by atoms with Gasteiger partial charge in [-0.05, 0) is 45.4 Å². The molecule has 1 atom stereocenters. The molecule has 0 saturated heterocycles. The summed E-state index contributed by atoms with van der Waals surface area (Å²) < 4.78 is 3.24. The molecule has 0 unspecified atom stereocenters. The normalized spacial score (nSPS) is 12.3. The van der Waals surface area contributed by atoms with Crippen LogP contribution in [0.25, 0.3) is 16.7 Å². The number of nitrogens with zero attached hydrogens (tertiary/aromatic N) is 4. The van der Waals surface area contributed by atoms with Crippen LogP contribution in [-0.4, -0.2) is 25.2 Å². The van der Waals surface area contributed by atoms with Crippen LogP contribution in [-0.2, 0) is 4.79 Å². The molecule has 1 aromatic carbocycles. The molecular formula is C21H21N5O2S. The Bertz CT molecular complexity index is 1270. The molecule has 29 heavy (non-hydrogen) atoms. The quantitative estimate of drug-likeness (QED) is 0.558. The minimum atomic E-state index is -0.742. The number of para-hydroxylation sites is 1. The van der Waals surface area contributed by atoms with Crippen molar-refractivity contribution in [2.45, 2.75) is 33.7 Å². The molecule has 0 aliphatic rings. The number of pyridine rings is 1. The first kappa shape index (κ1) is 19.1. The van der Waals surface area contributed by atoms with E-state index >= 15 is 0 Å². The van der Waals surface area contributed by atoms with Crippen molar-refractivity contribution in [1.82, 2.24) is 19.3 Å². The van der Waals surface area contributed by atoms with Crippen LogP contribution in [0.2, 0.25) is 0 Å². The number of fused-ring (bicyclic) bond motifs is 1. The highest BCUT2D eigenvalue weighted by atomic mass is 32.1. The lowest BCUT2D eigenvalue weighted by Crippen LogP contribution is -2.32. The van der Waals surface area contributed by atoms with E-state index in [1.54, 1.807) is 17.7 Å². The highest BCUT2D eigenvalue weighted by molar-refractivity contribution is 7.13. The molecule has 0 fully saturated rings. The summed E-state index contributed by atoms with van der Waals surface area (Å²) in [5.41, 5.74) is 3.67. The van der Waals surface area contributed by atoms with E-state index in [2.05, 4.69) is 15.4 Å². The predicted octanol–water partition coefficient (Wildman–Crippen LogP) is 3.77. The van der Waals surface area contributed by atoms with Crippen molar-refractivity contribution in [1.29, 1.82) is 0 Å². The Kier molecular flexibility index (Phi) is 4.79. The maximum Gasteiger partial charge on any atom is 0.253 e. The van der Waals surface area contributed by atoms with Crippen molar-refractivity contribution in [3.8, 4) is 5.69 Å². The average Bonchev–Trinajstić information content (AvgIpc) is 3.25. The van der Waals surface area contributed by atoms with Crippen LogP contribution in [0.1, 0.15) is 29.9 Å². The van der Waals surface area contributed by atoms with Crippen LogP contribution >= 0.6 is 11.3 Å². The van der Waals surface area contributed by atoms with Gasteiger partial charge < -0.3 is 5.32 Å². The first-order valence-corrected chi connectivity index (χ1v) is 10.1. The summed E-state index contributed by atoms with van der Waals surface area (Å²) >= 11 is 1.36. The molecule has 0 bridgehead atoms. The molecule has 1 amide bonds. The molecule has 3 aromatic heterocycles. The fraction of sp³-hybridized carbons (Fsp3) is 0.238. The maximum atomic E-state index is 13.0. The number of nitrogens with one attached hydrogen (secondary N) is 1. The average molecular weight is 407 g/mol. The lowest BCUT2D eigenvalue weighted by molar-refractivity contribution is -0.118. The van der Waals surface area contributed by atoms with Crippen molar-refractivity contribution in [3.63, 3.8) is 0 Å². The summed E-state index contributed by atoms with van der Waals surface area (Å²) in [6, 6.07) is 10.4. The Morgan fingerprint density at radius 3 is 2.55 bits per heavy atom. The summed E-state index contributed by atoms with van der Waals surface area (Å²) in [6.07, 6.45) is 0. The Hall–Kier alpha value is -3.26. The molecule has 0 saturated carbocycles. The van der Waals surface area contributed by atoms with Gasteiger partial charge in [-0.1, -0.05) is 18.2 Å². The number of anilines is 1. The lowest BCUT2D eigenvalue weighted by Gasteiger charge is -2.18. The molecule has 0 radical (unpaired) electrons. The van der Waals surface area contributed by atoms with E-state index in [-0.39, 0.29) is 11.5 Å². The Morgan fingerprint density at radius 2 is 1.90 bits per heavy atom. The third-order valence-corrected chi connectivity index (χ3v) is 5.73. The molecule has 8 heteroatoms. The summed E-state index contributed by atoms with van der Waals surface area (Å²) in [6.45, 7) is 7.38. The highest BCUT2D eigenvalue weighted by Gasteiger charge is 2.24. The van der Waals surface area contributed by atoms with Crippen LogP contribution in [0.4, 0.5) is 5.13 Å². The minimum Gasteiger partial charge on any atom is -0.300 e. The minimum absolute atomic E-state index is 0.245. The van der Waals surface area contributed by atoms with Gasteiger partial charge in [-0.3, -0.25) is 14.2 Å². The summed E-state index contributed by atoms with van der Waals surface area (Å²) in [4.78, 5) is 30.2. The third kappa shape index (κ3) is 3.36. The Balaban J connectivity index is 1.89. The van der Waals surface area contributed by atoms with E-state index in [1.165, 1.54) is 15.9 Å². The SMILES string of the molecule is Cc1csc(NC(=O)[C@@H](C)n2c(=O)cc(C)c3c(C)nn(-c4ccccc4)c32)n1. The van der Waals surface area contributed by atoms with Crippen molar-refractivity contribution in [3.05, 3.63) is 69.1 Å². The van der Waals surface area contributed by atoms with E-state index in [9.17, 15) is 9.59 Å². The second-order valence-electron chi connectivity index (χ2n) is 7.03. The molecule has 0 spiro atoms. The zero-order valence-corrected chi connectivity index (χ0v) is 17.4. The van der Waals surface area contributed by atoms with Crippen LogP contribution in [0, 0.1) is 20.8 Å². The number of hydrogen-bond donors (Lipinski definition) is 1. The first-order valence-electron chi connectivity index (χ1n) is 9.26. The summed E-state index contributed by atoms with van der Waals surface area (Å²) in [5.74, 6) is -0.301. The fourth-order valence-corrected chi connectivity index (χ4v) is 4.18. The number of carbonyl (C=O) groups is 1. The number of benzene rings is 1. The Morgan fingerprint density at radius 1 is 1.17 bits per heavy atom. The van der Waals surface area contributed by atoms with Crippen LogP contribution in [0.15, 0.2) is 46.6 Å². The molecule has 4 rings (SSSR count). The number of aromatic nitrogens is 4. The molecule has 3 heterocycles. The van der Waals surface area contributed by atoms with Crippen molar-refractivity contribution in [2.75, 3.05) is 5.32 Å². The summed E-state index contributed by atoms with van der Waals surface area (Å²) in [7, 11) is 0. The van der Waals surface area contributed by atoms with Crippen molar-refractivity contribution in [2.24, 2.45) is 0 Å². The summed E-state index contributed by atoms with van der Waals surface area (Å²) in [5, 5.41) is 10.7. The smallest absolute Gasteiger partial charge is 0.253 e. The molecular weight excluding hydrogens is 386 g/mol.